The molecule has 1 aromatic carbocycles. The van der Waals surface area contributed by atoms with Gasteiger partial charge < -0.3 is 4.57 Å². The lowest BCUT2D eigenvalue weighted by atomic mass is 10.2. The molecule has 0 radical (unpaired) electrons. The zero-order chi connectivity index (χ0) is 20.6. The summed E-state index contributed by atoms with van der Waals surface area (Å²) >= 11 is 1.35. The zero-order valence-electron chi connectivity index (χ0n) is 16.6. The van der Waals surface area contributed by atoms with Crippen molar-refractivity contribution < 1.29 is 4.79 Å². The number of unbranched alkanes of at least 4 members (excludes halogenated alkanes) is 2. The molecule has 0 aliphatic heterocycles. The molecule has 7 heteroatoms. The van der Waals surface area contributed by atoms with Gasteiger partial charge in [0.15, 0.2) is 0 Å². The number of nitrogens with one attached hydrogen (secondary N) is 1. The van der Waals surface area contributed by atoms with Crippen LogP contribution >= 0.6 is 11.3 Å². The van der Waals surface area contributed by atoms with Crippen LogP contribution in [-0.2, 0) is 11.2 Å². The van der Waals surface area contributed by atoms with Crippen LogP contribution in [0.25, 0.3) is 11.8 Å². The standard InChI is InChI=1S/C22H23N5OS/c1-3-4-5-8-20-25-26-22(29-20)24-21(28)17(15-23)14-19-7-6-13-27(19)18-11-9-16(2)10-12-18/h6-7,9-14H,3-5,8H2,1-2H3,(H,24,26,28)/b17-14-. The first-order chi connectivity index (χ1) is 14.1. The van der Waals surface area contributed by atoms with Gasteiger partial charge >= 0.3 is 0 Å². The predicted octanol–water partition coefficient (Wildman–Crippen LogP) is 4.92. The van der Waals surface area contributed by atoms with Gasteiger partial charge in [-0.25, -0.2) is 0 Å². The van der Waals surface area contributed by atoms with E-state index < -0.39 is 5.91 Å². The van der Waals surface area contributed by atoms with E-state index in [0.29, 0.717) is 5.13 Å². The highest BCUT2D eigenvalue weighted by atomic mass is 32.1. The summed E-state index contributed by atoms with van der Waals surface area (Å²) in [6.45, 7) is 4.18. The van der Waals surface area contributed by atoms with Gasteiger partial charge in [-0.2, -0.15) is 5.26 Å². The van der Waals surface area contributed by atoms with Gasteiger partial charge in [0.05, 0.1) is 0 Å². The van der Waals surface area contributed by atoms with Gasteiger partial charge in [-0.3, -0.25) is 10.1 Å². The highest BCUT2D eigenvalue weighted by Gasteiger charge is 2.14. The summed E-state index contributed by atoms with van der Waals surface area (Å²) in [5.74, 6) is -0.486. The molecule has 0 fully saturated rings. The third-order valence-corrected chi connectivity index (χ3v) is 5.33. The normalized spacial score (nSPS) is 11.3. The molecule has 3 aromatic rings. The van der Waals surface area contributed by atoms with Crippen LogP contribution in [0.5, 0.6) is 0 Å². The Balaban J connectivity index is 1.74. The lowest BCUT2D eigenvalue weighted by Gasteiger charge is -2.07. The van der Waals surface area contributed by atoms with Crippen LogP contribution in [0.4, 0.5) is 5.13 Å². The molecule has 2 aromatic heterocycles. The molecule has 0 unspecified atom stereocenters. The Morgan fingerprint density at radius 2 is 2.03 bits per heavy atom. The molecule has 0 spiro atoms. The van der Waals surface area contributed by atoms with E-state index in [1.165, 1.54) is 16.9 Å². The van der Waals surface area contributed by atoms with E-state index in [9.17, 15) is 10.1 Å². The van der Waals surface area contributed by atoms with Crippen molar-refractivity contribution in [1.82, 2.24) is 14.8 Å². The Morgan fingerprint density at radius 1 is 1.24 bits per heavy atom. The average molecular weight is 406 g/mol. The number of anilines is 1. The summed E-state index contributed by atoms with van der Waals surface area (Å²) in [7, 11) is 0. The van der Waals surface area contributed by atoms with Gasteiger partial charge in [0.1, 0.15) is 16.6 Å². The summed E-state index contributed by atoms with van der Waals surface area (Å²) in [5, 5.41) is 21.6. The summed E-state index contributed by atoms with van der Waals surface area (Å²) < 4.78 is 1.93. The van der Waals surface area contributed by atoms with E-state index in [4.69, 9.17) is 0 Å². The van der Waals surface area contributed by atoms with Gasteiger partial charge in [-0.1, -0.05) is 48.8 Å². The van der Waals surface area contributed by atoms with Crippen LogP contribution in [-0.4, -0.2) is 20.7 Å². The SMILES string of the molecule is CCCCCc1nnc(NC(=O)/C(C#N)=C\c2cccn2-c2ccc(C)cc2)s1. The highest BCUT2D eigenvalue weighted by Crippen LogP contribution is 2.20. The first-order valence-corrected chi connectivity index (χ1v) is 10.4. The molecule has 0 aliphatic carbocycles. The summed E-state index contributed by atoms with van der Waals surface area (Å²) in [5.41, 5.74) is 2.89. The molecule has 0 bridgehead atoms. The van der Waals surface area contributed by atoms with Crippen molar-refractivity contribution in [2.75, 3.05) is 5.32 Å². The predicted molar refractivity (Wildman–Crippen MR) is 116 cm³/mol. The first kappa shape index (κ1) is 20.5. The average Bonchev–Trinajstić information content (AvgIpc) is 3.36. The minimum Gasteiger partial charge on any atom is -0.317 e. The molecule has 0 atom stereocenters. The second kappa shape index (κ2) is 9.80. The van der Waals surface area contributed by atoms with Crippen molar-refractivity contribution in [2.24, 2.45) is 0 Å². The van der Waals surface area contributed by atoms with Gasteiger partial charge in [0.25, 0.3) is 5.91 Å². The monoisotopic (exact) mass is 405 g/mol. The minimum absolute atomic E-state index is 0.0137. The summed E-state index contributed by atoms with van der Waals surface area (Å²) in [6, 6.07) is 13.8. The number of hydrogen-bond donors (Lipinski definition) is 1. The smallest absolute Gasteiger partial charge is 0.268 e. The first-order valence-electron chi connectivity index (χ1n) is 9.60. The Morgan fingerprint density at radius 3 is 2.76 bits per heavy atom. The van der Waals surface area contributed by atoms with E-state index in [2.05, 4.69) is 22.4 Å². The fourth-order valence-electron chi connectivity index (χ4n) is 2.84. The van der Waals surface area contributed by atoms with Gasteiger partial charge in [0, 0.05) is 24.0 Å². The van der Waals surface area contributed by atoms with Crippen molar-refractivity contribution >= 4 is 28.5 Å². The topological polar surface area (TPSA) is 83.6 Å². The second-order valence-electron chi connectivity index (χ2n) is 6.72. The number of rotatable bonds is 8. The summed E-state index contributed by atoms with van der Waals surface area (Å²) in [4.78, 5) is 12.6. The Bertz CT molecular complexity index is 1040. The second-order valence-corrected chi connectivity index (χ2v) is 7.78. The molecular formula is C22H23N5OS. The molecule has 0 saturated heterocycles. The van der Waals surface area contributed by atoms with Crippen LogP contribution in [0.15, 0.2) is 48.2 Å². The van der Waals surface area contributed by atoms with E-state index in [-0.39, 0.29) is 5.57 Å². The van der Waals surface area contributed by atoms with Crippen molar-refractivity contribution in [3.05, 3.63) is 64.4 Å². The number of carbonyl (C=O) groups excluding carboxylic acids is 1. The molecule has 2 heterocycles. The van der Waals surface area contributed by atoms with Gasteiger partial charge in [0.2, 0.25) is 5.13 Å². The molecule has 0 aliphatic rings. The third-order valence-electron chi connectivity index (χ3n) is 4.43. The van der Waals surface area contributed by atoms with E-state index in [0.717, 1.165) is 42.1 Å². The quantitative estimate of drug-likeness (QED) is 0.328. The van der Waals surface area contributed by atoms with Crippen LogP contribution in [0, 0.1) is 18.3 Å². The van der Waals surface area contributed by atoms with E-state index in [1.807, 2.05) is 60.2 Å². The van der Waals surface area contributed by atoms with Gasteiger partial charge in [-0.05, 0) is 43.7 Å². The molecule has 6 nitrogen and oxygen atoms in total. The van der Waals surface area contributed by atoms with Crippen LogP contribution in [0.3, 0.4) is 0 Å². The van der Waals surface area contributed by atoms with Gasteiger partial charge in [-0.15, -0.1) is 10.2 Å². The fourth-order valence-corrected chi connectivity index (χ4v) is 3.62. The Labute approximate surface area is 174 Å². The van der Waals surface area contributed by atoms with Crippen molar-refractivity contribution in [1.29, 1.82) is 5.26 Å². The number of carbonyl (C=O) groups is 1. The van der Waals surface area contributed by atoms with E-state index in [1.54, 1.807) is 6.08 Å². The maximum atomic E-state index is 12.6. The maximum absolute atomic E-state index is 12.6. The lowest BCUT2D eigenvalue weighted by molar-refractivity contribution is -0.112. The molecule has 0 saturated carbocycles. The number of nitriles is 1. The summed E-state index contributed by atoms with van der Waals surface area (Å²) in [6.07, 6.45) is 7.67. The zero-order valence-corrected chi connectivity index (χ0v) is 17.4. The number of aryl methyl sites for hydroxylation is 2. The molecular weight excluding hydrogens is 382 g/mol. The highest BCUT2D eigenvalue weighted by molar-refractivity contribution is 7.15. The van der Waals surface area contributed by atoms with E-state index >= 15 is 0 Å². The van der Waals surface area contributed by atoms with Crippen LogP contribution < -0.4 is 5.32 Å². The number of aromatic nitrogens is 3. The fraction of sp³-hybridized carbons (Fsp3) is 0.273. The Kier molecular flexibility index (Phi) is 6.93. The largest absolute Gasteiger partial charge is 0.317 e. The lowest BCUT2D eigenvalue weighted by Crippen LogP contribution is -2.13. The molecule has 29 heavy (non-hydrogen) atoms. The Hall–Kier alpha value is -3.24. The number of benzene rings is 1. The maximum Gasteiger partial charge on any atom is 0.268 e. The van der Waals surface area contributed by atoms with Crippen LogP contribution in [0.2, 0.25) is 0 Å². The minimum atomic E-state index is -0.486. The number of hydrogen-bond acceptors (Lipinski definition) is 5. The molecule has 1 N–H and O–H groups in total. The molecule has 3 rings (SSSR count). The molecule has 148 valence electrons. The molecule has 1 amide bonds. The number of amides is 1. The van der Waals surface area contributed by atoms with Crippen molar-refractivity contribution in [3.8, 4) is 11.8 Å². The van der Waals surface area contributed by atoms with Crippen molar-refractivity contribution in [3.63, 3.8) is 0 Å². The van der Waals surface area contributed by atoms with Crippen molar-refractivity contribution in [2.45, 2.75) is 39.5 Å². The number of nitrogens with zero attached hydrogens (tertiary/aromatic N) is 4. The van der Waals surface area contributed by atoms with Crippen LogP contribution in [0.1, 0.15) is 42.5 Å². The third kappa shape index (κ3) is 5.39.